The number of benzene rings is 1. The van der Waals surface area contributed by atoms with Crippen molar-refractivity contribution >= 4 is 17.4 Å². The molecule has 1 unspecified atom stereocenters. The van der Waals surface area contributed by atoms with Crippen LogP contribution in [0, 0.1) is 0 Å². The first-order valence-corrected chi connectivity index (χ1v) is 9.32. The van der Waals surface area contributed by atoms with E-state index in [-0.39, 0.29) is 17.9 Å². The van der Waals surface area contributed by atoms with Crippen LogP contribution in [0.4, 0.5) is 0 Å². The predicted octanol–water partition coefficient (Wildman–Crippen LogP) is 3.11. The van der Waals surface area contributed by atoms with Gasteiger partial charge in [-0.1, -0.05) is 24.3 Å². The molecule has 0 spiro atoms. The Kier molecular flexibility index (Phi) is 5.26. The highest BCUT2D eigenvalue weighted by atomic mass is 16.5. The van der Waals surface area contributed by atoms with Gasteiger partial charge >= 0.3 is 0 Å². The third kappa shape index (κ3) is 3.41. The van der Waals surface area contributed by atoms with Gasteiger partial charge in [0.05, 0.1) is 25.3 Å². The molecular weight excluding hydrogens is 382 g/mol. The number of aromatic nitrogens is 2. The minimum atomic E-state index is -0.781. The number of hydrogen-bond acceptors (Lipinski definition) is 6. The summed E-state index contributed by atoms with van der Waals surface area (Å²) in [6.07, 6.45) is 6.22. The highest BCUT2D eigenvalue weighted by molar-refractivity contribution is 6.46. The van der Waals surface area contributed by atoms with Crippen LogP contribution in [-0.2, 0) is 16.1 Å². The van der Waals surface area contributed by atoms with Gasteiger partial charge in [0.15, 0.2) is 0 Å². The van der Waals surface area contributed by atoms with E-state index in [1.165, 1.54) is 17.3 Å². The monoisotopic (exact) mass is 401 g/mol. The van der Waals surface area contributed by atoms with Gasteiger partial charge in [0, 0.05) is 35.9 Å². The summed E-state index contributed by atoms with van der Waals surface area (Å²) in [6.45, 7) is 0.140. The Morgan fingerprint density at radius 2 is 1.80 bits per heavy atom. The molecule has 1 aliphatic rings. The first-order chi connectivity index (χ1) is 14.6. The second-order valence-corrected chi connectivity index (χ2v) is 6.76. The Morgan fingerprint density at radius 3 is 2.50 bits per heavy atom. The summed E-state index contributed by atoms with van der Waals surface area (Å²) in [7, 11) is 1.55. The number of aliphatic hydroxyl groups excluding tert-OH is 1. The van der Waals surface area contributed by atoms with Crippen molar-refractivity contribution in [2.75, 3.05) is 7.11 Å². The highest BCUT2D eigenvalue weighted by Crippen LogP contribution is 2.40. The van der Waals surface area contributed by atoms with Crippen molar-refractivity contribution in [3.63, 3.8) is 0 Å². The molecule has 2 aromatic heterocycles. The van der Waals surface area contributed by atoms with Crippen LogP contribution < -0.4 is 4.74 Å². The minimum absolute atomic E-state index is 0.0223. The van der Waals surface area contributed by atoms with E-state index in [0.717, 1.165) is 5.56 Å². The number of carbonyl (C=O) groups excluding carboxylic acids is 2. The molecule has 1 saturated heterocycles. The van der Waals surface area contributed by atoms with E-state index in [9.17, 15) is 14.7 Å². The van der Waals surface area contributed by atoms with Gasteiger partial charge in [-0.3, -0.25) is 19.6 Å². The van der Waals surface area contributed by atoms with E-state index in [0.29, 0.717) is 16.9 Å². The molecule has 1 N–H and O–H groups in total. The Morgan fingerprint density at radius 1 is 1.03 bits per heavy atom. The lowest BCUT2D eigenvalue weighted by molar-refractivity contribution is -0.140. The minimum Gasteiger partial charge on any atom is -0.507 e. The Bertz CT molecular complexity index is 1110. The van der Waals surface area contributed by atoms with Gasteiger partial charge < -0.3 is 14.7 Å². The third-order valence-electron chi connectivity index (χ3n) is 5.03. The van der Waals surface area contributed by atoms with E-state index in [1.54, 1.807) is 49.8 Å². The maximum absolute atomic E-state index is 13.0. The van der Waals surface area contributed by atoms with Crippen LogP contribution in [0.25, 0.3) is 5.76 Å². The molecule has 4 rings (SSSR count). The number of likely N-dealkylation sites (tertiary alicyclic amines) is 1. The number of pyridine rings is 2. The molecule has 7 heteroatoms. The fourth-order valence-electron chi connectivity index (χ4n) is 3.61. The highest BCUT2D eigenvalue weighted by Gasteiger charge is 2.46. The molecule has 30 heavy (non-hydrogen) atoms. The molecular formula is C23H19N3O4. The number of hydrogen-bond donors (Lipinski definition) is 1. The van der Waals surface area contributed by atoms with Gasteiger partial charge in [-0.2, -0.15) is 0 Å². The number of aliphatic hydroxyl groups is 1. The number of ether oxygens (including phenoxy) is 1. The van der Waals surface area contributed by atoms with E-state index >= 15 is 0 Å². The number of rotatable bonds is 5. The zero-order valence-corrected chi connectivity index (χ0v) is 16.2. The molecule has 7 nitrogen and oxygen atoms in total. The van der Waals surface area contributed by atoms with E-state index in [1.807, 2.05) is 18.2 Å². The number of para-hydroxylation sites is 1. The second kappa shape index (κ2) is 8.16. The number of carbonyl (C=O) groups is 2. The SMILES string of the molecule is COc1ccccc1CN1C(=O)C(=O)/C(=C(/O)c2ccncc2)C1c1cccnc1. The largest absolute Gasteiger partial charge is 0.507 e. The van der Waals surface area contributed by atoms with Gasteiger partial charge in [0.2, 0.25) is 0 Å². The summed E-state index contributed by atoms with van der Waals surface area (Å²) in [5.74, 6) is -1.07. The zero-order chi connectivity index (χ0) is 21.1. The van der Waals surface area contributed by atoms with Crippen LogP contribution in [0.1, 0.15) is 22.7 Å². The first-order valence-electron chi connectivity index (χ1n) is 9.32. The Labute approximate surface area is 173 Å². The summed E-state index contributed by atoms with van der Waals surface area (Å²) in [5, 5.41) is 10.9. The van der Waals surface area contributed by atoms with E-state index in [2.05, 4.69) is 9.97 Å². The summed E-state index contributed by atoms with van der Waals surface area (Å²) >= 11 is 0. The number of nitrogens with zero attached hydrogens (tertiary/aromatic N) is 3. The van der Waals surface area contributed by atoms with Gasteiger partial charge in [0.25, 0.3) is 11.7 Å². The van der Waals surface area contributed by atoms with Gasteiger partial charge in [0.1, 0.15) is 11.5 Å². The van der Waals surface area contributed by atoms with Crippen molar-refractivity contribution in [2.45, 2.75) is 12.6 Å². The van der Waals surface area contributed by atoms with E-state index < -0.39 is 17.7 Å². The van der Waals surface area contributed by atoms with E-state index in [4.69, 9.17) is 4.74 Å². The molecule has 0 radical (unpaired) electrons. The molecule has 150 valence electrons. The molecule has 1 atom stereocenters. The number of Topliss-reactive ketones (excluding diaryl/α,β-unsaturated/α-hetero) is 1. The van der Waals surface area contributed by atoms with Gasteiger partial charge in [-0.25, -0.2) is 0 Å². The average molecular weight is 401 g/mol. The van der Waals surface area contributed by atoms with Crippen LogP contribution in [0.5, 0.6) is 5.75 Å². The van der Waals surface area contributed by atoms with Crippen LogP contribution in [0.2, 0.25) is 0 Å². The molecule has 1 fully saturated rings. The maximum Gasteiger partial charge on any atom is 0.295 e. The van der Waals surface area contributed by atoms with Crippen molar-refractivity contribution in [1.29, 1.82) is 0 Å². The fraction of sp³-hybridized carbons (Fsp3) is 0.130. The molecule has 1 aliphatic heterocycles. The molecule has 0 saturated carbocycles. The molecule has 0 bridgehead atoms. The van der Waals surface area contributed by atoms with Crippen LogP contribution >= 0.6 is 0 Å². The quantitative estimate of drug-likeness (QED) is 0.401. The molecule has 3 aromatic rings. The maximum atomic E-state index is 13.0. The molecule has 1 aromatic carbocycles. The third-order valence-corrected chi connectivity index (χ3v) is 5.03. The first kappa shape index (κ1) is 19.3. The smallest absolute Gasteiger partial charge is 0.295 e. The number of amides is 1. The van der Waals surface area contributed by atoms with Crippen LogP contribution in [0.15, 0.2) is 78.9 Å². The molecule has 0 aliphatic carbocycles. The summed E-state index contributed by atoms with van der Waals surface area (Å²) in [4.78, 5) is 35.5. The molecule has 3 heterocycles. The van der Waals surface area contributed by atoms with Crippen molar-refractivity contribution in [2.24, 2.45) is 0 Å². The lowest BCUT2D eigenvalue weighted by atomic mass is 9.96. The van der Waals surface area contributed by atoms with Gasteiger partial charge in [-0.15, -0.1) is 0 Å². The Balaban J connectivity index is 1.86. The topological polar surface area (TPSA) is 92.6 Å². The summed E-state index contributed by atoms with van der Waals surface area (Å²) in [6, 6.07) is 13.2. The van der Waals surface area contributed by atoms with Crippen LogP contribution in [0.3, 0.4) is 0 Å². The normalized spacial score (nSPS) is 17.9. The van der Waals surface area contributed by atoms with Crippen molar-refractivity contribution < 1.29 is 19.4 Å². The lowest BCUT2D eigenvalue weighted by Gasteiger charge is -2.25. The van der Waals surface area contributed by atoms with Crippen molar-refractivity contribution in [3.8, 4) is 5.75 Å². The predicted molar refractivity (Wildman–Crippen MR) is 109 cm³/mol. The number of ketones is 1. The summed E-state index contributed by atoms with van der Waals surface area (Å²) < 4.78 is 5.40. The zero-order valence-electron chi connectivity index (χ0n) is 16.2. The summed E-state index contributed by atoms with van der Waals surface area (Å²) in [5.41, 5.74) is 1.81. The lowest BCUT2D eigenvalue weighted by Crippen LogP contribution is -2.29. The average Bonchev–Trinajstić information content (AvgIpc) is 3.05. The number of methoxy groups -OCH3 is 1. The van der Waals surface area contributed by atoms with Crippen molar-refractivity contribution in [1.82, 2.24) is 14.9 Å². The second-order valence-electron chi connectivity index (χ2n) is 6.76. The fourth-order valence-corrected chi connectivity index (χ4v) is 3.61. The standard InChI is InChI=1S/C23H19N3O4/c1-30-18-7-3-2-5-17(18)14-26-20(16-6-4-10-25-13-16)19(22(28)23(26)29)21(27)15-8-11-24-12-9-15/h2-13,20,27H,14H2,1H3/b21-19+. The molecule has 1 amide bonds. The Hall–Kier alpha value is -4.00. The van der Waals surface area contributed by atoms with Crippen molar-refractivity contribution in [3.05, 3.63) is 95.6 Å². The van der Waals surface area contributed by atoms with Crippen LogP contribution in [-0.4, -0.2) is 38.8 Å². The van der Waals surface area contributed by atoms with Gasteiger partial charge in [-0.05, 0) is 29.8 Å².